The molecule has 68 heavy (non-hydrogen) atoms. The number of rotatable bonds is 54. The molecule has 0 aromatic rings. The summed E-state index contributed by atoms with van der Waals surface area (Å²) in [5.41, 5.74) is 0. The van der Waals surface area contributed by atoms with Crippen LogP contribution in [0, 0.1) is 0 Å². The van der Waals surface area contributed by atoms with Gasteiger partial charge in [0.05, 0.1) is 0 Å². The first-order valence-electron chi connectivity index (χ1n) is 29.6. The van der Waals surface area contributed by atoms with Crippen molar-refractivity contribution in [1.29, 1.82) is 0 Å². The molecule has 0 aromatic heterocycles. The summed E-state index contributed by atoms with van der Waals surface area (Å²) in [7, 11) is 0. The van der Waals surface area contributed by atoms with Crippen LogP contribution in [0.15, 0.2) is 48.6 Å². The van der Waals surface area contributed by atoms with Gasteiger partial charge in [0.1, 0.15) is 13.2 Å². The van der Waals surface area contributed by atoms with E-state index in [-0.39, 0.29) is 31.1 Å². The fourth-order valence-electron chi connectivity index (χ4n) is 8.55. The molecule has 6 nitrogen and oxygen atoms in total. The minimum Gasteiger partial charge on any atom is -0.462 e. The van der Waals surface area contributed by atoms with Crippen LogP contribution < -0.4 is 0 Å². The second-order valence-electron chi connectivity index (χ2n) is 19.9. The first-order valence-corrected chi connectivity index (χ1v) is 29.6. The van der Waals surface area contributed by atoms with Crippen LogP contribution in [0.5, 0.6) is 0 Å². The molecule has 0 radical (unpaired) electrons. The van der Waals surface area contributed by atoms with Crippen molar-refractivity contribution in [3.8, 4) is 0 Å². The van der Waals surface area contributed by atoms with Crippen molar-refractivity contribution in [2.45, 2.75) is 316 Å². The van der Waals surface area contributed by atoms with Crippen molar-refractivity contribution in [3.05, 3.63) is 48.6 Å². The number of hydrogen-bond donors (Lipinski definition) is 0. The standard InChI is InChI=1S/C62H112O6/c1-4-7-10-13-16-19-22-24-26-28-30-31-32-34-35-37-40-43-46-49-52-55-61(64)67-58-59(57-66-60(63)54-51-48-45-42-39-21-18-15-12-9-6-3)68-62(65)56-53-50-47-44-41-38-36-33-29-27-25-23-20-17-14-11-8-5-2/h15,18,22,24,28,30,32,34,59H,4-14,16-17,19-21,23,25-27,29,31,33,35-58H2,1-3H3/b18-15-,24-22-,30-28-,34-32-. The quantitative estimate of drug-likeness (QED) is 0.0262. The van der Waals surface area contributed by atoms with Gasteiger partial charge in [0, 0.05) is 19.3 Å². The normalized spacial score (nSPS) is 12.3. The van der Waals surface area contributed by atoms with Gasteiger partial charge >= 0.3 is 17.9 Å². The summed E-state index contributed by atoms with van der Waals surface area (Å²) in [4.78, 5) is 38.1. The molecule has 0 bridgehead atoms. The maximum Gasteiger partial charge on any atom is 0.306 e. The van der Waals surface area contributed by atoms with Gasteiger partial charge in [0.15, 0.2) is 6.10 Å². The first-order chi connectivity index (χ1) is 33.5. The Labute approximate surface area is 422 Å². The molecule has 0 fully saturated rings. The van der Waals surface area contributed by atoms with Crippen LogP contribution in [0.2, 0.25) is 0 Å². The highest BCUT2D eigenvalue weighted by molar-refractivity contribution is 5.71. The fourth-order valence-corrected chi connectivity index (χ4v) is 8.55. The maximum atomic E-state index is 12.9. The zero-order chi connectivity index (χ0) is 49.3. The summed E-state index contributed by atoms with van der Waals surface area (Å²) in [5, 5.41) is 0. The van der Waals surface area contributed by atoms with Crippen molar-refractivity contribution in [1.82, 2.24) is 0 Å². The molecule has 0 aliphatic heterocycles. The topological polar surface area (TPSA) is 78.9 Å². The molecule has 6 heteroatoms. The molecule has 0 rings (SSSR count). The zero-order valence-corrected chi connectivity index (χ0v) is 45.4. The lowest BCUT2D eigenvalue weighted by molar-refractivity contribution is -0.167. The summed E-state index contributed by atoms with van der Waals surface area (Å²) in [5.74, 6) is -0.885. The minimum absolute atomic E-state index is 0.0792. The summed E-state index contributed by atoms with van der Waals surface area (Å²) >= 11 is 0. The Morgan fingerprint density at radius 3 is 0.882 bits per heavy atom. The molecule has 1 unspecified atom stereocenters. The van der Waals surface area contributed by atoms with Gasteiger partial charge in [-0.1, -0.05) is 262 Å². The van der Waals surface area contributed by atoms with Crippen molar-refractivity contribution >= 4 is 17.9 Å². The Hall–Kier alpha value is -2.63. The van der Waals surface area contributed by atoms with E-state index in [1.807, 2.05) is 0 Å². The smallest absolute Gasteiger partial charge is 0.306 e. The molecule has 0 aliphatic rings. The Balaban J connectivity index is 4.32. The van der Waals surface area contributed by atoms with Gasteiger partial charge in [0.25, 0.3) is 0 Å². The molecule has 0 heterocycles. The monoisotopic (exact) mass is 953 g/mol. The number of carbonyl (C=O) groups excluding carboxylic acids is 3. The number of hydrogen-bond acceptors (Lipinski definition) is 6. The van der Waals surface area contributed by atoms with E-state index in [0.717, 1.165) is 83.5 Å². The number of allylic oxidation sites excluding steroid dienone is 8. The highest BCUT2D eigenvalue weighted by Gasteiger charge is 2.19. The predicted octanol–water partition coefficient (Wildman–Crippen LogP) is 19.8. The lowest BCUT2D eigenvalue weighted by Crippen LogP contribution is -2.30. The van der Waals surface area contributed by atoms with E-state index in [1.54, 1.807) is 0 Å². The maximum absolute atomic E-state index is 12.9. The Morgan fingerprint density at radius 2 is 0.544 bits per heavy atom. The van der Waals surface area contributed by atoms with E-state index in [0.29, 0.717) is 19.3 Å². The highest BCUT2D eigenvalue weighted by Crippen LogP contribution is 2.16. The van der Waals surface area contributed by atoms with E-state index < -0.39 is 6.10 Å². The third-order valence-electron chi connectivity index (χ3n) is 13.1. The van der Waals surface area contributed by atoms with Crippen LogP contribution in [0.3, 0.4) is 0 Å². The van der Waals surface area contributed by atoms with Crippen molar-refractivity contribution < 1.29 is 28.6 Å². The van der Waals surface area contributed by atoms with Crippen LogP contribution in [0.1, 0.15) is 310 Å². The Morgan fingerprint density at radius 1 is 0.294 bits per heavy atom. The SMILES string of the molecule is CCCC/C=C\CCCCCCCC(=O)OCC(COC(=O)CCCCCCCC/C=C\C/C=C\C/C=C\CCCCCCC)OC(=O)CCCCCCCCCCCCCCCCCCCC. The Kier molecular flexibility index (Phi) is 54.8. The summed E-state index contributed by atoms with van der Waals surface area (Å²) < 4.78 is 16.9. The summed E-state index contributed by atoms with van der Waals surface area (Å²) in [6, 6.07) is 0. The van der Waals surface area contributed by atoms with Gasteiger partial charge < -0.3 is 14.2 Å². The average molecular weight is 954 g/mol. The molecule has 0 N–H and O–H groups in total. The number of unbranched alkanes of at least 4 members (excludes halogenated alkanes) is 35. The first kappa shape index (κ1) is 65.4. The van der Waals surface area contributed by atoms with Gasteiger partial charge in [-0.2, -0.15) is 0 Å². The van der Waals surface area contributed by atoms with Gasteiger partial charge in [-0.05, 0) is 77.0 Å². The predicted molar refractivity (Wildman–Crippen MR) is 293 cm³/mol. The van der Waals surface area contributed by atoms with E-state index in [1.165, 1.54) is 186 Å². The molecule has 0 aliphatic carbocycles. The van der Waals surface area contributed by atoms with E-state index in [2.05, 4.69) is 69.4 Å². The lowest BCUT2D eigenvalue weighted by atomic mass is 10.0. The van der Waals surface area contributed by atoms with Crippen LogP contribution in [0.4, 0.5) is 0 Å². The third-order valence-corrected chi connectivity index (χ3v) is 13.1. The molecule has 0 saturated heterocycles. The van der Waals surface area contributed by atoms with Crippen molar-refractivity contribution in [2.24, 2.45) is 0 Å². The molecular weight excluding hydrogens is 841 g/mol. The molecule has 0 saturated carbocycles. The lowest BCUT2D eigenvalue weighted by Gasteiger charge is -2.18. The van der Waals surface area contributed by atoms with Gasteiger partial charge in [-0.15, -0.1) is 0 Å². The molecule has 0 aromatic carbocycles. The van der Waals surface area contributed by atoms with Gasteiger partial charge in [0.2, 0.25) is 0 Å². The molecule has 1 atom stereocenters. The second kappa shape index (κ2) is 57.0. The molecular formula is C62H112O6. The van der Waals surface area contributed by atoms with Crippen LogP contribution in [-0.2, 0) is 28.6 Å². The molecule has 0 spiro atoms. The highest BCUT2D eigenvalue weighted by atomic mass is 16.6. The molecule has 0 amide bonds. The van der Waals surface area contributed by atoms with Crippen LogP contribution in [-0.4, -0.2) is 37.2 Å². The fraction of sp³-hybridized carbons (Fsp3) is 0.823. The van der Waals surface area contributed by atoms with Crippen LogP contribution >= 0.6 is 0 Å². The second-order valence-corrected chi connectivity index (χ2v) is 19.9. The van der Waals surface area contributed by atoms with E-state index >= 15 is 0 Å². The zero-order valence-electron chi connectivity index (χ0n) is 45.4. The largest absolute Gasteiger partial charge is 0.462 e. The minimum atomic E-state index is -0.779. The number of carbonyl (C=O) groups is 3. The van der Waals surface area contributed by atoms with E-state index in [4.69, 9.17) is 14.2 Å². The molecule has 396 valence electrons. The Bertz CT molecular complexity index is 1190. The number of ether oxygens (including phenoxy) is 3. The summed E-state index contributed by atoms with van der Waals surface area (Å²) in [6.07, 6.45) is 69.6. The van der Waals surface area contributed by atoms with Crippen molar-refractivity contribution in [2.75, 3.05) is 13.2 Å². The number of esters is 3. The van der Waals surface area contributed by atoms with Crippen LogP contribution in [0.25, 0.3) is 0 Å². The van der Waals surface area contributed by atoms with Crippen molar-refractivity contribution in [3.63, 3.8) is 0 Å². The van der Waals surface area contributed by atoms with E-state index in [9.17, 15) is 14.4 Å². The third kappa shape index (κ3) is 54.3. The summed E-state index contributed by atoms with van der Waals surface area (Å²) in [6.45, 7) is 6.61. The van der Waals surface area contributed by atoms with Gasteiger partial charge in [-0.25, -0.2) is 0 Å². The average Bonchev–Trinajstić information content (AvgIpc) is 3.34. The van der Waals surface area contributed by atoms with Gasteiger partial charge in [-0.3, -0.25) is 14.4 Å².